The molecule has 2 aromatic carbocycles. The van der Waals surface area contributed by atoms with E-state index in [0.717, 1.165) is 14.8 Å². The maximum atomic E-state index is 13.0. The molecule has 0 saturated heterocycles. The second-order valence-electron chi connectivity index (χ2n) is 3.60. The third kappa shape index (κ3) is 3.57. The molecular weight excluding hydrogens is 352 g/mol. The van der Waals surface area contributed by atoms with E-state index in [1.54, 1.807) is 6.07 Å². The topological polar surface area (TPSA) is 12.0 Å². The van der Waals surface area contributed by atoms with Gasteiger partial charge in [0.2, 0.25) is 0 Å². The lowest BCUT2D eigenvalue weighted by Gasteiger charge is -2.08. The van der Waals surface area contributed by atoms with Crippen LogP contribution in [0.4, 0.5) is 10.1 Å². The van der Waals surface area contributed by atoms with Gasteiger partial charge in [0, 0.05) is 20.8 Å². The van der Waals surface area contributed by atoms with Crippen LogP contribution in [0.25, 0.3) is 0 Å². The molecular formula is C13H10ClFIN. The van der Waals surface area contributed by atoms with E-state index in [1.807, 2.05) is 24.3 Å². The van der Waals surface area contributed by atoms with Gasteiger partial charge in [0.15, 0.2) is 0 Å². The first-order valence-electron chi connectivity index (χ1n) is 5.08. The van der Waals surface area contributed by atoms with E-state index in [4.69, 9.17) is 11.6 Å². The molecule has 2 rings (SSSR count). The molecule has 0 aromatic heterocycles. The lowest BCUT2D eigenvalue weighted by molar-refractivity contribution is 0.626. The number of rotatable bonds is 3. The van der Waals surface area contributed by atoms with Crippen LogP contribution in [0.15, 0.2) is 42.5 Å². The molecule has 88 valence electrons. The number of nitrogens with one attached hydrogen (secondary N) is 1. The van der Waals surface area contributed by atoms with Gasteiger partial charge in [-0.2, -0.15) is 0 Å². The Labute approximate surface area is 118 Å². The lowest BCUT2D eigenvalue weighted by atomic mass is 10.2. The first-order chi connectivity index (χ1) is 8.15. The van der Waals surface area contributed by atoms with Crippen molar-refractivity contribution in [3.05, 3.63) is 62.4 Å². The predicted octanol–water partition coefficient (Wildman–Crippen LogP) is 4.70. The molecule has 0 radical (unpaired) electrons. The quantitative estimate of drug-likeness (QED) is 0.782. The predicted molar refractivity (Wildman–Crippen MR) is 77.9 cm³/mol. The smallest absolute Gasteiger partial charge is 0.123 e. The van der Waals surface area contributed by atoms with Crippen molar-refractivity contribution < 1.29 is 4.39 Å². The Morgan fingerprint density at radius 3 is 2.76 bits per heavy atom. The van der Waals surface area contributed by atoms with Crippen LogP contribution in [0.2, 0.25) is 5.02 Å². The molecule has 0 fully saturated rings. The Bertz CT molecular complexity index is 531. The van der Waals surface area contributed by atoms with Crippen LogP contribution >= 0.6 is 34.2 Å². The van der Waals surface area contributed by atoms with Crippen LogP contribution < -0.4 is 5.32 Å². The van der Waals surface area contributed by atoms with Crippen LogP contribution in [0.5, 0.6) is 0 Å². The largest absolute Gasteiger partial charge is 0.381 e. The summed E-state index contributed by atoms with van der Waals surface area (Å²) in [5.41, 5.74) is 1.75. The van der Waals surface area contributed by atoms with Crippen molar-refractivity contribution in [3.63, 3.8) is 0 Å². The van der Waals surface area contributed by atoms with Crippen molar-refractivity contribution >= 4 is 39.9 Å². The monoisotopic (exact) mass is 361 g/mol. The molecule has 0 heterocycles. The summed E-state index contributed by atoms with van der Waals surface area (Å²) in [5.74, 6) is -0.270. The molecule has 0 spiro atoms. The molecule has 1 N–H and O–H groups in total. The Morgan fingerprint density at radius 2 is 2.00 bits per heavy atom. The first-order valence-corrected chi connectivity index (χ1v) is 6.54. The summed E-state index contributed by atoms with van der Waals surface area (Å²) < 4.78 is 14.2. The molecule has 1 nitrogen and oxygen atoms in total. The number of halogens is 3. The Morgan fingerprint density at radius 1 is 1.18 bits per heavy atom. The fourth-order valence-corrected chi connectivity index (χ4v) is 2.20. The summed E-state index contributed by atoms with van der Waals surface area (Å²) in [7, 11) is 0. The molecule has 0 atom stereocenters. The van der Waals surface area contributed by atoms with E-state index < -0.39 is 0 Å². The van der Waals surface area contributed by atoms with Gasteiger partial charge in [-0.25, -0.2) is 4.39 Å². The molecule has 0 unspecified atom stereocenters. The van der Waals surface area contributed by atoms with E-state index in [-0.39, 0.29) is 5.82 Å². The summed E-state index contributed by atoms with van der Waals surface area (Å²) in [5, 5.41) is 3.79. The normalized spacial score (nSPS) is 10.3. The van der Waals surface area contributed by atoms with Gasteiger partial charge in [0.25, 0.3) is 0 Å². The molecule has 0 bridgehead atoms. The van der Waals surface area contributed by atoms with E-state index in [0.29, 0.717) is 11.6 Å². The summed E-state index contributed by atoms with van der Waals surface area (Å²) in [6.45, 7) is 0.511. The zero-order valence-corrected chi connectivity index (χ0v) is 11.8. The second kappa shape index (κ2) is 5.69. The second-order valence-corrected chi connectivity index (χ2v) is 5.25. The Kier molecular flexibility index (Phi) is 4.23. The van der Waals surface area contributed by atoms with E-state index in [1.165, 1.54) is 12.1 Å². The minimum atomic E-state index is -0.270. The van der Waals surface area contributed by atoms with Crippen LogP contribution in [-0.4, -0.2) is 0 Å². The van der Waals surface area contributed by atoms with Gasteiger partial charge in [-0.05, 0) is 64.6 Å². The van der Waals surface area contributed by atoms with Crippen molar-refractivity contribution in [2.75, 3.05) is 5.32 Å². The number of hydrogen-bond acceptors (Lipinski definition) is 1. The highest BCUT2D eigenvalue weighted by Crippen LogP contribution is 2.19. The number of benzene rings is 2. The van der Waals surface area contributed by atoms with Gasteiger partial charge in [0.1, 0.15) is 5.82 Å². The molecule has 0 saturated carbocycles. The standard InChI is InChI=1S/C13H10ClFIN/c14-13-5-4-10(15)6-9(13)8-17-12-3-1-2-11(16)7-12/h1-7,17H,8H2. The zero-order chi connectivity index (χ0) is 12.3. The maximum absolute atomic E-state index is 13.0. The van der Waals surface area contributed by atoms with Gasteiger partial charge in [-0.15, -0.1) is 0 Å². The van der Waals surface area contributed by atoms with Crippen LogP contribution in [0.1, 0.15) is 5.56 Å². The molecule has 0 aliphatic heterocycles. The highest BCUT2D eigenvalue weighted by molar-refractivity contribution is 14.1. The van der Waals surface area contributed by atoms with Gasteiger partial charge in [0.05, 0.1) is 0 Å². The summed E-state index contributed by atoms with van der Waals surface area (Å²) in [6.07, 6.45) is 0. The van der Waals surface area contributed by atoms with Crippen LogP contribution in [0, 0.1) is 9.39 Å². The fourth-order valence-electron chi connectivity index (χ4n) is 1.47. The Balaban J connectivity index is 2.09. The van der Waals surface area contributed by atoms with E-state index in [9.17, 15) is 4.39 Å². The maximum Gasteiger partial charge on any atom is 0.123 e. The number of hydrogen-bond donors (Lipinski definition) is 1. The highest BCUT2D eigenvalue weighted by atomic mass is 127. The molecule has 4 heteroatoms. The van der Waals surface area contributed by atoms with Gasteiger partial charge >= 0.3 is 0 Å². The van der Waals surface area contributed by atoms with Crippen molar-refractivity contribution in [1.29, 1.82) is 0 Å². The molecule has 0 aliphatic rings. The van der Waals surface area contributed by atoms with Gasteiger partial charge in [-0.3, -0.25) is 0 Å². The van der Waals surface area contributed by atoms with Crippen molar-refractivity contribution in [2.45, 2.75) is 6.54 Å². The fraction of sp³-hybridized carbons (Fsp3) is 0.0769. The average molecular weight is 362 g/mol. The molecule has 0 aliphatic carbocycles. The Hall–Kier alpha value is -0.810. The number of anilines is 1. The zero-order valence-electron chi connectivity index (χ0n) is 8.88. The lowest BCUT2D eigenvalue weighted by Crippen LogP contribution is -2.00. The van der Waals surface area contributed by atoms with Crippen molar-refractivity contribution in [1.82, 2.24) is 0 Å². The average Bonchev–Trinajstić information content (AvgIpc) is 2.30. The first kappa shape index (κ1) is 12.6. The highest BCUT2D eigenvalue weighted by Gasteiger charge is 2.02. The van der Waals surface area contributed by atoms with Crippen molar-refractivity contribution in [3.8, 4) is 0 Å². The third-order valence-electron chi connectivity index (χ3n) is 2.32. The summed E-state index contributed by atoms with van der Waals surface area (Å²) in [6, 6.07) is 12.4. The minimum absolute atomic E-state index is 0.270. The summed E-state index contributed by atoms with van der Waals surface area (Å²) >= 11 is 8.23. The van der Waals surface area contributed by atoms with Crippen LogP contribution in [0.3, 0.4) is 0 Å². The molecule has 0 amide bonds. The summed E-state index contributed by atoms with van der Waals surface area (Å²) in [4.78, 5) is 0. The molecule has 17 heavy (non-hydrogen) atoms. The SMILES string of the molecule is Fc1ccc(Cl)c(CNc2cccc(I)c2)c1. The van der Waals surface area contributed by atoms with E-state index in [2.05, 4.69) is 27.9 Å². The van der Waals surface area contributed by atoms with Crippen LogP contribution in [-0.2, 0) is 6.54 Å². The van der Waals surface area contributed by atoms with Crippen molar-refractivity contribution in [2.24, 2.45) is 0 Å². The van der Waals surface area contributed by atoms with Gasteiger partial charge < -0.3 is 5.32 Å². The third-order valence-corrected chi connectivity index (χ3v) is 3.36. The molecule has 2 aromatic rings. The van der Waals surface area contributed by atoms with Gasteiger partial charge in [-0.1, -0.05) is 17.7 Å². The minimum Gasteiger partial charge on any atom is -0.381 e. The van der Waals surface area contributed by atoms with E-state index >= 15 is 0 Å².